The zero-order valence-corrected chi connectivity index (χ0v) is 21.4. The molecule has 0 fully saturated rings. The highest BCUT2D eigenvalue weighted by Gasteiger charge is 2.14. The molecule has 0 bridgehead atoms. The number of benzene rings is 2. The maximum atomic E-state index is 12.3. The highest BCUT2D eigenvalue weighted by atomic mass is 16.6. The molecular weight excluding hydrogens is 462 g/mol. The minimum atomic E-state index is -0.338. The lowest BCUT2D eigenvalue weighted by molar-refractivity contribution is 0.131. The van der Waals surface area contributed by atoms with E-state index in [1.165, 1.54) is 9.36 Å². The summed E-state index contributed by atoms with van der Waals surface area (Å²) in [5, 5.41) is 20.4. The average molecular weight is 494 g/mol. The van der Waals surface area contributed by atoms with Crippen LogP contribution in [0.2, 0.25) is 0 Å². The van der Waals surface area contributed by atoms with Gasteiger partial charge in [0.25, 0.3) is 0 Å². The molecule has 3 aromatic rings. The molecule has 0 unspecified atom stereocenters. The van der Waals surface area contributed by atoms with Crippen LogP contribution in [0.25, 0.3) is 5.69 Å². The molecule has 0 aliphatic carbocycles. The standard InChI is InChI=1S/C25H31N7O4/c1-7-24(27-26-18(3)19(4)28-36-15-20-11-13-21(34-6)14-12-20)35-16-22-17(2)9-8-10-23(22)32-25(33)31(5)29-30-32/h8-14H,7,15-16H2,1-6H3/b26-18?,27-24?,28-19+. The molecule has 3 rings (SSSR count). The zero-order valence-electron chi connectivity index (χ0n) is 21.4. The van der Waals surface area contributed by atoms with Crippen LogP contribution in [0, 0.1) is 6.92 Å². The van der Waals surface area contributed by atoms with E-state index in [0.29, 0.717) is 36.0 Å². The van der Waals surface area contributed by atoms with Crippen LogP contribution in [0.3, 0.4) is 0 Å². The van der Waals surface area contributed by atoms with Crippen molar-refractivity contribution in [2.75, 3.05) is 7.11 Å². The van der Waals surface area contributed by atoms with Crippen molar-refractivity contribution in [3.63, 3.8) is 0 Å². The summed E-state index contributed by atoms with van der Waals surface area (Å²) in [5.74, 6) is 1.23. The fraction of sp³-hybridized carbons (Fsp3) is 0.360. The van der Waals surface area contributed by atoms with E-state index in [1.807, 2.05) is 50.2 Å². The Morgan fingerprint density at radius 1 is 1.00 bits per heavy atom. The average Bonchev–Trinajstić information content (AvgIpc) is 3.22. The number of methoxy groups -OCH3 is 1. The SMILES string of the molecule is CCC(=NN=C(C)/C(C)=N/OCc1ccc(OC)cc1)OCc1c(C)cccc1-n1nnn(C)c1=O. The van der Waals surface area contributed by atoms with Crippen molar-refractivity contribution < 1.29 is 14.3 Å². The smallest absolute Gasteiger partial charge is 0.368 e. The van der Waals surface area contributed by atoms with E-state index in [9.17, 15) is 4.79 Å². The first kappa shape index (κ1) is 26.3. The molecule has 0 aliphatic rings. The first-order valence-electron chi connectivity index (χ1n) is 11.5. The number of oxime groups is 1. The van der Waals surface area contributed by atoms with Gasteiger partial charge in [-0.1, -0.05) is 36.3 Å². The number of aromatic nitrogens is 4. The van der Waals surface area contributed by atoms with Crippen LogP contribution >= 0.6 is 0 Å². The molecule has 0 saturated carbocycles. The number of nitrogens with zero attached hydrogens (tertiary/aromatic N) is 7. The zero-order chi connectivity index (χ0) is 26.1. The maximum absolute atomic E-state index is 12.3. The third-order valence-electron chi connectivity index (χ3n) is 5.45. The summed E-state index contributed by atoms with van der Waals surface area (Å²) in [6.45, 7) is 7.99. The Hall–Kier alpha value is -4.28. The van der Waals surface area contributed by atoms with E-state index < -0.39 is 0 Å². The third-order valence-corrected chi connectivity index (χ3v) is 5.45. The van der Waals surface area contributed by atoms with Crippen molar-refractivity contribution in [2.45, 2.75) is 47.3 Å². The van der Waals surface area contributed by atoms with E-state index in [1.54, 1.807) is 34.1 Å². The van der Waals surface area contributed by atoms with Crippen molar-refractivity contribution in [3.05, 3.63) is 69.6 Å². The van der Waals surface area contributed by atoms with Crippen LogP contribution in [0.15, 0.2) is 62.6 Å². The van der Waals surface area contributed by atoms with E-state index >= 15 is 0 Å². The van der Waals surface area contributed by atoms with Crippen LogP contribution in [0.4, 0.5) is 0 Å². The summed E-state index contributed by atoms with van der Waals surface area (Å²) < 4.78 is 13.5. The van der Waals surface area contributed by atoms with Gasteiger partial charge in [0, 0.05) is 19.0 Å². The van der Waals surface area contributed by atoms with Gasteiger partial charge in [0.1, 0.15) is 19.0 Å². The minimum absolute atomic E-state index is 0.199. The molecule has 2 aromatic carbocycles. The van der Waals surface area contributed by atoms with E-state index in [4.69, 9.17) is 14.3 Å². The lowest BCUT2D eigenvalue weighted by Gasteiger charge is -2.13. The topological polar surface area (TPSA) is 117 Å². The summed E-state index contributed by atoms with van der Waals surface area (Å²) in [6.07, 6.45) is 0.535. The number of hydrogen-bond acceptors (Lipinski definition) is 9. The molecule has 0 spiro atoms. The molecule has 0 atom stereocenters. The van der Waals surface area contributed by atoms with Crippen molar-refractivity contribution >= 4 is 17.3 Å². The maximum Gasteiger partial charge on any atom is 0.368 e. The summed E-state index contributed by atoms with van der Waals surface area (Å²) in [4.78, 5) is 17.8. The molecule has 0 saturated heterocycles. The lowest BCUT2D eigenvalue weighted by Crippen LogP contribution is -2.23. The fourth-order valence-electron chi connectivity index (χ4n) is 3.09. The lowest BCUT2D eigenvalue weighted by atomic mass is 10.1. The van der Waals surface area contributed by atoms with Crippen LogP contribution in [0.1, 0.15) is 43.9 Å². The first-order chi connectivity index (χ1) is 17.3. The molecule has 0 aliphatic heterocycles. The van der Waals surface area contributed by atoms with Crippen LogP contribution in [-0.4, -0.2) is 44.2 Å². The van der Waals surface area contributed by atoms with Gasteiger partial charge in [-0.15, -0.1) is 5.10 Å². The number of rotatable bonds is 10. The molecule has 190 valence electrons. The predicted molar refractivity (Wildman–Crippen MR) is 138 cm³/mol. The summed E-state index contributed by atoms with van der Waals surface area (Å²) in [7, 11) is 3.18. The molecule has 0 radical (unpaired) electrons. The van der Waals surface area contributed by atoms with Gasteiger partial charge in [-0.3, -0.25) is 0 Å². The molecule has 1 heterocycles. The van der Waals surface area contributed by atoms with Crippen molar-refractivity contribution in [2.24, 2.45) is 22.4 Å². The molecule has 36 heavy (non-hydrogen) atoms. The van der Waals surface area contributed by atoms with Crippen molar-refractivity contribution in [1.29, 1.82) is 0 Å². The van der Waals surface area contributed by atoms with Gasteiger partial charge in [-0.05, 0) is 60.5 Å². The first-order valence-corrected chi connectivity index (χ1v) is 11.5. The van der Waals surface area contributed by atoms with Gasteiger partial charge in [-0.25, -0.2) is 4.79 Å². The Morgan fingerprint density at radius 2 is 1.75 bits per heavy atom. The molecule has 1 aromatic heterocycles. The second-order valence-corrected chi connectivity index (χ2v) is 7.99. The summed E-state index contributed by atoms with van der Waals surface area (Å²) in [5.41, 5.74) is 4.22. The Kier molecular flexibility index (Phi) is 9.09. The van der Waals surface area contributed by atoms with Gasteiger partial charge in [-0.2, -0.15) is 14.5 Å². The van der Waals surface area contributed by atoms with E-state index in [2.05, 4.69) is 25.8 Å². The van der Waals surface area contributed by atoms with Crippen LogP contribution in [-0.2, 0) is 29.8 Å². The Morgan fingerprint density at radius 3 is 2.39 bits per heavy atom. The largest absolute Gasteiger partial charge is 0.497 e. The van der Waals surface area contributed by atoms with Crippen LogP contribution < -0.4 is 10.4 Å². The Bertz CT molecular complexity index is 1320. The number of ether oxygens (including phenoxy) is 2. The van der Waals surface area contributed by atoms with Gasteiger partial charge in [0.15, 0.2) is 0 Å². The van der Waals surface area contributed by atoms with Crippen molar-refractivity contribution in [3.8, 4) is 11.4 Å². The molecule has 0 N–H and O–H groups in total. The molecule has 11 heteroatoms. The fourth-order valence-corrected chi connectivity index (χ4v) is 3.09. The second kappa shape index (κ2) is 12.4. The summed E-state index contributed by atoms with van der Waals surface area (Å²) in [6, 6.07) is 13.2. The minimum Gasteiger partial charge on any atom is -0.497 e. The number of tetrazole rings is 1. The van der Waals surface area contributed by atoms with Crippen LogP contribution in [0.5, 0.6) is 5.75 Å². The van der Waals surface area contributed by atoms with E-state index in [0.717, 1.165) is 22.4 Å². The highest BCUT2D eigenvalue weighted by Crippen LogP contribution is 2.18. The molecular formula is C25H31N7O4. The predicted octanol–water partition coefficient (Wildman–Crippen LogP) is 3.58. The highest BCUT2D eigenvalue weighted by molar-refractivity contribution is 6.40. The number of hydrogen-bond donors (Lipinski definition) is 0. The van der Waals surface area contributed by atoms with Gasteiger partial charge in [0.2, 0.25) is 5.90 Å². The van der Waals surface area contributed by atoms with Gasteiger partial charge >= 0.3 is 5.69 Å². The molecule has 11 nitrogen and oxygen atoms in total. The Balaban J connectivity index is 1.66. The van der Waals surface area contributed by atoms with E-state index in [-0.39, 0.29) is 12.3 Å². The van der Waals surface area contributed by atoms with Gasteiger partial charge in [0.05, 0.1) is 24.2 Å². The quantitative estimate of drug-likeness (QED) is 0.242. The Labute approximate surface area is 209 Å². The van der Waals surface area contributed by atoms with Crippen molar-refractivity contribution in [1.82, 2.24) is 19.8 Å². The van der Waals surface area contributed by atoms with Gasteiger partial charge < -0.3 is 14.3 Å². The summed E-state index contributed by atoms with van der Waals surface area (Å²) >= 11 is 0. The normalized spacial score (nSPS) is 12.6. The monoisotopic (exact) mass is 493 g/mol. The molecule has 0 amide bonds. The number of aryl methyl sites for hydroxylation is 2. The third kappa shape index (κ3) is 6.65. The second-order valence-electron chi connectivity index (χ2n) is 7.99.